The summed E-state index contributed by atoms with van der Waals surface area (Å²) in [6.07, 6.45) is 62.3. The Morgan fingerprint density at radius 1 is 0.340 bits per heavy atom. The highest BCUT2D eigenvalue weighted by Crippen LogP contribution is 2.16. The number of imidazole rings is 1. The quantitative estimate of drug-likeness (QED) is 0.0474. The average molecular weight is 700 g/mol. The van der Waals surface area contributed by atoms with Gasteiger partial charge in [-0.2, -0.15) is 0 Å². The van der Waals surface area contributed by atoms with E-state index in [9.17, 15) is 0 Å². The van der Waals surface area contributed by atoms with Crippen molar-refractivity contribution < 1.29 is 4.57 Å². The van der Waals surface area contributed by atoms with Crippen LogP contribution in [0.1, 0.15) is 277 Å². The Labute approximate surface area is 317 Å². The maximum absolute atomic E-state index is 2.65. The number of aryl methyl sites for hydroxylation is 2. The maximum Gasteiger partial charge on any atom is 0.256 e. The number of hydrogen-bond acceptors (Lipinski definition) is 0. The fraction of sp³-hybridized carbons (Fsp3) is 0.938. The lowest BCUT2D eigenvalue weighted by Crippen LogP contribution is -2.37. The average Bonchev–Trinajstić information content (AvgIpc) is 3.51. The molecule has 0 aliphatic rings. The molecule has 2 heteroatoms. The van der Waals surface area contributed by atoms with E-state index in [1.54, 1.807) is 5.82 Å². The van der Waals surface area contributed by atoms with Gasteiger partial charge in [-0.05, 0) is 32.1 Å². The van der Waals surface area contributed by atoms with Crippen molar-refractivity contribution in [1.82, 2.24) is 4.57 Å². The van der Waals surface area contributed by atoms with E-state index in [1.807, 2.05) is 0 Å². The third-order valence-electron chi connectivity index (χ3n) is 11.6. The fourth-order valence-corrected chi connectivity index (χ4v) is 8.09. The van der Waals surface area contributed by atoms with E-state index < -0.39 is 0 Å². The molecule has 0 amide bonds. The molecule has 0 aromatic carbocycles. The standard InChI is InChI=1S/C48H95N2/c1-4-7-10-13-16-19-22-25-27-30-33-36-39-42-45-50-47-46-49(44-41-38-35-32-29-26-23-20-17-14-11-8-5-2)48(50)43-40-37-34-31-28-24-21-18-15-12-9-6-3/h46-47H,4-45H2,1-3H3/q+1. The van der Waals surface area contributed by atoms with E-state index in [-0.39, 0.29) is 0 Å². The zero-order chi connectivity index (χ0) is 35.8. The molecule has 0 saturated heterocycles. The van der Waals surface area contributed by atoms with E-state index in [0.29, 0.717) is 0 Å². The minimum atomic E-state index is 1.23. The highest BCUT2D eigenvalue weighted by molar-refractivity contribution is 4.84. The molecule has 0 bridgehead atoms. The van der Waals surface area contributed by atoms with E-state index in [2.05, 4.69) is 42.3 Å². The molecule has 0 aliphatic carbocycles. The Kier molecular flexibility index (Phi) is 37.2. The van der Waals surface area contributed by atoms with Crippen molar-refractivity contribution >= 4 is 0 Å². The first kappa shape index (κ1) is 47.2. The van der Waals surface area contributed by atoms with Crippen molar-refractivity contribution in [1.29, 1.82) is 0 Å². The van der Waals surface area contributed by atoms with Gasteiger partial charge in [-0.1, -0.05) is 239 Å². The van der Waals surface area contributed by atoms with Gasteiger partial charge in [0, 0.05) is 6.42 Å². The van der Waals surface area contributed by atoms with Gasteiger partial charge in [0.25, 0.3) is 5.82 Å². The second kappa shape index (κ2) is 39.4. The van der Waals surface area contributed by atoms with Gasteiger partial charge >= 0.3 is 0 Å². The van der Waals surface area contributed by atoms with Gasteiger partial charge in [0.1, 0.15) is 12.4 Å². The summed E-state index contributed by atoms with van der Waals surface area (Å²) in [7, 11) is 0. The summed E-state index contributed by atoms with van der Waals surface area (Å²) in [6.45, 7) is 9.42. The van der Waals surface area contributed by atoms with E-state index in [0.717, 1.165) is 0 Å². The lowest BCUT2D eigenvalue weighted by atomic mass is 10.0. The molecule has 1 aromatic rings. The topological polar surface area (TPSA) is 8.81 Å². The second-order valence-electron chi connectivity index (χ2n) is 16.6. The first-order valence-corrected chi connectivity index (χ1v) is 23.9. The number of nitrogens with zero attached hydrogens (tertiary/aromatic N) is 2. The Balaban J connectivity index is 2.27. The summed E-state index contributed by atoms with van der Waals surface area (Å²) in [5.74, 6) is 1.63. The predicted octanol–water partition coefficient (Wildman–Crippen LogP) is 16.6. The predicted molar refractivity (Wildman–Crippen MR) is 225 cm³/mol. The third kappa shape index (κ3) is 30.8. The first-order chi connectivity index (χ1) is 24.8. The third-order valence-corrected chi connectivity index (χ3v) is 11.6. The molecule has 0 saturated carbocycles. The minimum Gasteiger partial charge on any atom is -0.234 e. The van der Waals surface area contributed by atoms with Gasteiger partial charge in [-0.15, -0.1) is 0 Å². The van der Waals surface area contributed by atoms with Crippen LogP contribution in [0.3, 0.4) is 0 Å². The SMILES string of the molecule is CCCCCCCCCCCCCCCCn1cc[n+](CCCCCCCCCCCCCCC)c1CCCCCCCCCCCCCC. The largest absolute Gasteiger partial charge is 0.256 e. The Morgan fingerprint density at radius 3 is 0.960 bits per heavy atom. The van der Waals surface area contributed by atoms with Crippen LogP contribution in [0, 0.1) is 0 Å². The van der Waals surface area contributed by atoms with Crippen LogP contribution in [0.5, 0.6) is 0 Å². The van der Waals surface area contributed by atoms with Crippen molar-refractivity contribution in [2.45, 2.75) is 291 Å². The molecule has 0 atom stereocenters. The monoisotopic (exact) mass is 700 g/mol. The molecule has 0 N–H and O–H groups in total. The van der Waals surface area contributed by atoms with Crippen LogP contribution in [0.2, 0.25) is 0 Å². The van der Waals surface area contributed by atoms with E-state index in [1.165, 1.54) is 270 Å². The van der Waals surface area contributed by atoms with Crippen LogP contribution in [0.4, 0.5) is 0 Å². The molecular formula is C48H95N2+. The molecule has 0 radical (unpaired) electrons. The van der Waals surface area contributed by atoms with Crippen molar-refractivity contribution in [3.63, 3.8) is 0 Å². The van der Waals surface area contributed by atoms with Crippen LogP contribution in [-0.4, -0.2) is 4.57 Å². The summed E-state index contributed by atoms with van der Waals surface area (Å²) in [6, 6.07) is 0. The molecule has 1 rings (SSSR count). The lowest BCUT2D eigenvalue weighted by molar-refractivity contribution is -0.704. The van der Waals surface area contributed by atoms with Gasteiger partial charge in [-0.25, -0.2) is 9.13 Å². The number of hydrogen-bond donors (Lipinski definition) is 0. The Bertz CT molecular complexity index is 766. The second-order valence-corrected chi connectivity index (χ2v) is 16.6. The summed E-state index contributed by atoms with van der Waals surface area (Å²) in [4.78, 5) is 0. The minimum absolute atomic E-state index is 1.23. The first-order valence-electron chi connectivity index (χ1n) is 23.9. The highest BCUT2D eigenvalue weighted by Gasteiger charge is 2.16. The van der Waals surface area contributed by atoms with Crippen molar-refractivity contribution in [3.05, 3.63) is 18.2 Å². The molecule has 2 nitrogen and oxygen atoms in total. The summed E-state index contributed by atoms with van der Waals surface area (Å²) in [5, 5.41) is 0. The van der Waals surface area contributed by atoms with E-state index in [4.69, 9.17) is 0 Å². The van der Waals surface area contributed by atoms with Crippen LogP contribution >= 0.6 is 0 Å². The van der Waals surface area contributed by atoms with Gasteiger partial charge in [-0.3, -0.25) is 0 Å². The summed E-state index contributed by atoms with van der Waals surface area (Å²) < 4.78 is 5.31. The number of rotatable bonds is 42. The molecule has 1 aromatic heterocycles. The Morgan fingerprint density at radius 2 is 0.620 bits per heavy atom. The van der Waals surface area contributed by atoms with Gasteiger partial charge < -0.3 is 0 Å². The van der Waals surface area contributed by atoms with Crippen molar-refractivity contribution in [3.8, 4) is 0 Å². The summed E-state index contributed by atoms with van der Waals surface area (Å²) >= 11 is 0. The number of unbranched alkanes of at least 4 members (excludes halogenated alkanes) is 36. The van der Waals surface area contributed by atoms with Crippen molar-refractivity contribution in [2.75, 3.05) is 0 Å². The fourth-order valence-electron chi connectivity index (χ4n) is 8.09. The smallest absolute Gasteiger partial charge is 0.234 e. The number of aromatic nitrogens is 2. The molecule has 0 unspecified atom stereocenters. The maximum atomic E-state index is 2.65. The zero-order valence-corrected chi connectivity index (χ0v) is 35.2. The molecule has 0 fully saturated rings. The normalized spacial score (nSPS) is 11.7. The van der Waals surface area contributed by atoms with E-state index >= 15 is 0 Å². The Hall–Kier alpha value is -0.790. The van der Waals surface area contributed by atoms with Gasteiger partial charge in [0.15, 0.2) is 0 Å². The zero-order valence-electron chi connectivity index (χ0n) is 35.2. The van der Waals surface area contributed by atoms with Crippen LogP contribution in [0.15, 0.2) is 12.4 Å². The van der Waals surface area contributed by atoms with Crippen LogP contribution in [0.25, 0.3) is 0 Å². The van der Waals surface area contributed by atoms with Crippen LogP contribution < -0.4 is 4.57 Å². The lowest BCUT2D eigenvalue weighted by Gasteiger charge is -2.07. The molecule has 50 heavy (non-hydrogen) atoms. The molecule has 0 aliphatic heterocycles. The molecule has 1 heterocycles. The summed E-state index contributed by atoms with van der Waals surface area (Å²) in [5.41, 5.74) is 0. The van der Waals surface area contributed by atoms with Gasteiger partial charge in [0.05, 0.1) is 13.1 Å². The molecule has 296 valence electrons. The van der Waals surface area contributed by atoms with Crippen molar-refractivity contribution in [2.24, 2.45) is 0 Å². The van der Waals surface area contributed by atoms with Gasteiger partial charge in [0.2, 0.25) is 0 Å². The van der Waals surface area contributed by atoms with Crippen LogP contribution in [-0.2, 0) is 19.5 Å². The highest BCUT2D eigenvalue weighted by atomic mass is 15.1. The molecule has 0 spiro atoms. The molecular weight excluding hydrogens is 605 g/mol.